The molecule has 4 rings (SSSR count). The van der Waals surface area contributed by atoms with Crippen LogP contribution in [0.1, 0.15) is 44.5 Å². The maximum atomic E-state index is 12.9. The highest BCUT2D eigenvalue weighted by Crippen LogP contribution is 2.29. The number of aromatic amines is 1. The third kappa shape index (κ3) is 4.47. The van der Waals surface area contributed by atoms with E-state index in [1.165, 1.54) is 0 Å². The third-order valence-corrected chi connectivity index (χ3v) is 5.32. The lowest BCUT2D eigenvalue weighted by molar-refractivity contribution is 0.569. The number of hydrogen-bond acceptors (Lipinski definition) is 5. The molecule has 0 fully saturated rings. The first-order valence-electron chi connectivity index (χ1n) is 10.8. The summed E-state index contributed by atoms with van der Waals surface area (Å²) in [6.07, 6.45) is 3.80. The van der Waals surface area contributed by atoms with Crippen LogP contribution in [-0.4, -0.2) is 35.0 Å². The first kappa shape index (κ1) is 20.7. The van der Waals surface area contributed by atoms with E-state index >= 15 is 0 Å². The van der Waals surface area contributed by atoms with Gasteiger partial charge < -0.3 is 0 Å². The lowest BCUT2D eigenvalue weighted by Crippen LogP contribution is -2.26. The van der Waals surface area contributed by atoms with Crippen LogP contribution in [0.3, 0.4) is 0 Å². The summed E-state index contributed by atoms with van der Waals surface area (Å²) in [5.41, 5.74) is 4.10. The molecule has 8 nitrogen and oxygen atoms in total. The molecule has 2 aromatic carbocycles. The van der Waals surface area contributed by atoms with E-state index in [1.807, 2.05) is 22.8 Å². The number of H-pyrrole nitrogens is 1. The maximum absolute atomic E-state index is 12.9. The molecule has 0 bridgehead atoms. The molecule has 0 radical (unpaired) electrons. The van der Waals surface area contributed by atoms with Crippen molar-refractivity contribution in [3.05, 3.63) is 70.4 Å². The molecule has 31 heavy (non-hydrogen) atoms. The summed E-state index contributed by atoms with van der Waals surface area (Å²) in [6, 6.07) is 16.3. The number of benzene rings is 2. The number of nitrogens with zero attached hydrogens (tertiary/aromatic N) is 6. The first-order chi connectivity index (χ1) is 15.2. The van der Waals surface area contributed by atoms with Gasteiger partial charge in [0.05, 0.1) is 6.54 Å². The van der Waals surface area contributed by atoms with Gasteiger partial charge in [-0.15, -0.1) is 5.10 Å². The standard InChI is InChI=1S/C23H27N7O/c1-3-5-10-21-26-30(15-4-2)23(31)29(21)16-17-11-13-18(14-12-17)19-8-6-7-9-20(19)22-24-27-28-25-22/h6-9,11-14H,3-5,10,15-16H2,1-2H3,(H,24,25,27,28). The SMILES string of the molecule is CCCCc1nn(CCC)c(=O)n1Cc1ccc(-c2ccccc2-c2nnn[nH]2)cc1. The van der Waals surface area contributed by atoms with E-state index < -0.39 is 0 Å². The van der Waals surface area contributed by atoms with Crippen LogP contribution in [0, 0.1) is 0 Å². The lowest BCUT2D eigenvalue weighted by atomic mass is 9.98. The van der Waals surface area contributed by atoms with Crippen LogP contribution in [0.25, 0.3) is 22.5 Å². The van der Waals surface area contributed by atoms with Crippen molar-refractivity contribution in [2.75, 3.05) is 0 Å². The van der Waals surface area contributed by atoms with Crippen molar-refractivity contribution >= 4 is 0 Å². The Bertz CT molecular complexity index is 1170. The van der Waals surface area contributed by atoms with Crippen LogP contribution >= 0.6 is 0 Å². The van der Waals surface area contributed by atoms with Crippen molar-refractivity contribution in [2.45, 2.75) is 52.6 Å². The van der Waals surface area contributed by atoms with Gasteiger partial charge in [-0.1, -0.05) is 68.8 Å². The average Bonchev–Trinajstić information content (AvgIpc) is 3.43. The van der Waals surface area contributed by atoms with Gasteiger partial charge in [-0.25, -0.2) is 14.6 Å². The normalized spacial score (nSPS) is 11.2. The summed E-state index contributed by atoms with van der Waals surface area (Å²) in [7, 11) is 0. The zero-order valence-corrected chi connectivity index (χ0v) is 18.0. The molecule has 0 aliphatic carbocycles. The smallest absolute Gasteiger partial charge is 0.274 e. The Morgan fingerprint density at radius 1 is 0.968 bits per heavy atom. The Balaban J connectivity index is 1.62. The van der Waals surface area contributed by atoms with Crippen molar-refractivity contribution in [3.8, 4) is 22.5 Å². The van der Waals surface area contributed by atoms with Crippen LogP contribution in [-0.2, 0) is 19.5 Å². The van der Waals surface area contributed by atoms with Gasteiger partial charge in [0, 0.05) is 18.5 Å². The number of aryl methyl sites for hydroxylation is 2. The Hall–Kier alpha value is -3.55. The molecule has 0 aliphatic heterocycles. The van der Waals surface area contributed by atoms with E-state index in [4.69, 9.17) is 0 Å². The molecule has 0 saturated carbocycles. The van der Waals surface area contributed by atoms with Gasteiger partial charge in [-0.3, -0.25) is 4.57 Å². The molecule has 0 amide bonds. The third-order valence-electron chi connectivity index (χ3n) is 5.32. The van der Waals surface area contributed by atoms with Gasteiger partial charge in [0.25, 0.3) is 0 Å². The molecule has 0 saturated heterocycles. The predicted molar refractivity (Wildman–Crippen MR) is 120 cm³/mol. The van der Waals surface area contributed by atoms with Crippen molar-refractivity contribution < 1.29 is 0 Å². The van der Waals surface area contributed by atoms with Gasteiger partial charge >= 0.3 is 5.69 Å². The average molecular weight is 418 g/mol. The highest BCUT2D eigenvalue weighted by atomic mass is 16.2. The van der Waals surface area contributed by atoms with E-state index in [-0.39, 0.29) is 5.69 Å². The molecule has 1 N–H and O–H groups in total. The molecule has 0 aliphatic rings. The summed E-state index contributed by atoms with van der Waals surface area (Å²) < 4.78 is 3.41. The fraction of sp³-hybridized carbons (Fsp3) is 0.348. The number of tetrazole rings is 1. The largest absolute Gasteiger partial charge is 0.346 e. The second-order valence-corrected chi connectivity index (χ2v) is 7.60. The fourth-order valence-electron chi connectivity index (χ4n) is 3.71. The van der Waals surface area contributed by atoms with E-state index in [9.17, 15) is 4.79 Å². The molecule has 4 aromatic rings. The van der Waals surface area contributed by atoms with Crippen molar-refractivity contribution in [2.24, 2.45) is 0 Å². The number of unbranched alkanes of at least 4 members (excludes halogenated alkanes) is 1. The van der Waals surface area contributed by atoms with E-state index in [2.05, 4.69) is 69.9 Å². The summed E-state index contributed by atoms with van der Waals surface area (Å²) in [6.45, 7) is 5.38. The lowest BCUT2D eigenvalue weighted by Gasteiger charge is -2.09. The summed E-state index contributed by atoms with van der Waals surface area (Å²) in [5.74, 6) is 1.50. The molecule has 2 aromatic heterocycles. The molecular formula is C23H27N7O. The topological polar surface area (TPSA) is 94.3 Å². The molecule has 2 heterocycles. The Labute approximate surface area is 180 Å². The Morgan fingerprint density at radius 2 is 1.74 bits per heavy atom. The number of hydrogen-bond donors (Lipinski definition) is 1. The summed E-state index contributed by atoms with van der Waals surface area (Å²) in [4.78, 5) is 12.9. The quantitative estimate of drug-likeness (QED) is 0.448. The molecule has 8 heteroatoms. The molecular weight excluding hydrogens is 390 g/mol. The van der Waals surface area contributed by atoms with Crippen LogP contribution in [0.2, 0.25) is 0 Å². The zero-order chi connectivity index (χ0) is 21.6. The van der Waals surface area contributed by atoms with E-state index in [1.54, 1.807) is 4.68 Å². The number of rotatable bonds is 9. The minimum absolute atomic E-state index is 0.0276. The second kappa shape index (κ2) is 9.51. The molecule has 0 atom stereocenters. The van der Waals surface area contributed by atoms with Gasteiger partial charge in [0.2, 0.25) is 0 Å². The van der Waals surface area contributed by atoms with Gasteiger partial charge in [0.1, 0.15) is 5.82 Å². The first-order valence-corrected chi connectivity index (χ1v) is 10.8. The maximum Gasteiger partial charge on any atom is 0.346 e. The highest BCUT2D eigenvalue weighted by Gasteiger charge is 2.14. The Kier molecular flexibility index (Phi) is 6.35. The van der Waals surface area contributed by atoms with E-state index in [0.717, 1.165) is 53.8 Å². The van der Waals surface area contributed by atoms with Crippen LogP contribution in [0.5, 0.6) is 0 Å². The van der Waals surface area contributed by atoms with Crippen LogP contribution < -0.4 is 5.69 Å². The zero-order valence-electron chi connectivity index (χ0n) is 18.0. The van der Waals surface area contributed by atoms with E-state index in [0.29, 0.717) is 18.9 Å². The highest BCUT2D eigenvalue weighted by molar-refractivity contribution is 5.80. The molecule has 160 valence electrons. The summed E-state index contributed by atoms with van der Waals surface area (Å²) in [5, 5.41) is 18.8. The minimum Gasteiger partial charge on any atom is -0.274 e. The second-order valence-electron chi connectivity index (χ2n) is 7.60. The van der Waals surface area contributed by atoms with Crippen LogP contribution in [0.4, 0.5) is 0 Å². The monoisotopic (exact) mass is 417 g/mol. The van der Waals surface area contributed by atoms with Gasteiger partial charge in [-0.2, -0.15) is 5.10 Å². The minimum atomic E-state index is -0.0276. The van der Waals surface area contributed by atoms with Gasteiger partial charge in [0.15, 0.2) is 5.82 Å². The van der Waals surface area contributed by atoms with Crippen molar-refractivity contribution in [1.29, 1.82) is 0 Å². The number of aromatic nitrogens is 7. The number of nitrogens with one attached hydrogen (secondary N) is 1. The van der Waals surface area contributed by atoms with Crippen LogP contribution in [0.15, 0.2) is 53.3 Å². The van der Waals surface area contributed by atoms with Gasteiger partial charge in [-0.05, 0) is 40.0 Å². The molecule has 0 unspecified atom stereocenters. The molecule has 0 spiro atoms. The van der Waals surface area contributed by atoms with Crippen molar-refractivity contribution in [3.63, 3.8) is 0 Å². The Morgan fingerprint density at radius 3 is 2.42 bits per heavy atom. The van der Waals surface area contributed by atoms with Crippen molar-refractivity contribution in [1.82, 2.24) is 35.0 Å². The summed E-state index contributed by atoms with van der Waals surface area (Å²) >= 11 is 0. The predicted octanol–water partition coefficient (Wildman–Crippen LogP) is 3.69. The fourth-order valence-corrected chi connectivity index (χ4v) is 3.71.